The Morgan fingerprint density at radius 1 is 1.35 bits per heavy atom. The highest BCUT2D eigenvalue weighted by atomic mass is 32.2. The third kappa shape index (κ3) is 3.85. The van der Waals surface area contributed by atoms with E-state index >= 15 is 0 Å². The molecule has 4 aliphatic heterocycles. The fourth-order valence-electron chi connectivity index (χ4n) is 4.79. The smallest absolute Gasteiger partial charge is 0.323 e. The van der Waals surface area contributed by atoms with Crippen LogP contribution in [-0.2, 0) is 9.47 Å². The van der Waals surface area contributed by atoms with E-state index in [-0.39, 0.29) is 22.6 Å². The van der Waals surface area contributed by atoms with Crippen molar-refractivity contribution in [1.82, 2.24) is 10.2 Å². The van der Waals surface area contributed by atoms with Crippen molar-refractivity contribution >= 4 is 34.4 Å². The topological polar surface area (TPSA) is 75.5 Å². The van der Waals surface area contributed by atoms with Crippen molar-refractivity contribution in [3.05, 3.63) is 41.8 Å². The molecule has 1 aromatic rings. The van der Waals surface area contributed by atoms with E-state index in [1.807, 2.05) is 35.2 Å². The number of nitrogens with zero attached hydrogens (tertiary/aromatic N) is 3. The van der Waals surface area contributed by atoms with Gasteiger partial charge in [0.1, 0.15) is 6.04 Å². The van der Waals surface area contributed by atoms with E-state index in [4.69, 9.17) is 9.47 Å². The van der Waals surface area contributed by atoms with Crippen molar-refractivity contribution in [2.75, 3.05) is 33.4 Å². The van der Waals surface area contributed by atoms with Gasteiger partial charge < -0.3 is 14.4 Å². The fourth-order valence-corrected chi connectivity index (χ4v) is 6.01. The van der Waals surface area contributed by atoms with Gasteiger partial charge in [0.2, 0.25) is 11.8 Å². The first-order chi connectivity index (χ1) is 15.1. The molecule has 4 heterocycles. The number of hydrogen-bond donors (Lipinski definition) is 1. The van der Waals surface area contributed by atoms with E-state index in [1.165, 1.54) is 18.9 Å². The number of likely N-dealkylation sites (tertiary alicyclic amines) is 1. The molecule has 0 aliphatic carbocycles. The molecule has 5 rings (SSSR count). The lowest BCUT2D eigenvalue weighted by atomic mass is 9.82. The number of hydrogen-bond acceptors (Lipinski definition) is 6. The van der Waals surface area contributed by atoms with Crippen molar-refractivity contribution in [3.63, 3.8) is 0 Å². The van der Waals surface area contributed by atoms with Gasteiger partial charge in [-0.2, -0.15) is 9.38 Å². The number of aliphatic imine (C=N–C) groups is 2. The highest BCUT2D eigenvalue weighted by Gasteiger charge is 2.45. The van der Waals surface area contributed by atoms with Crippen LogP contribution in [0.1, 0.15) is 24.8 Å². The summed E-state index contributed by atoms with van der Waals surface area (Å²) < 4.78 is 25.9. The van der Waals surface area contributed by atoms with Crippen molar-refractivity contribution in [2.24, 2.45) is 15.4 Å². The predicted molar refractivity (Wildman–Crippen MR) is 119 cm³/mol. The van der Waals surface area contributed by atoms with Crippen molar-refractivity contribution < 1.29 is 18.7 Å². The summed E-state index contributed by atoms with van der Waals surface area (Å²) in [5, 5.41) is 3.06. The molecule has 31 heavy (non-hydrogen) atoms. The maximum atomic E-state index is 14.9. The van der Waals surface area contributed by atoms with Gasteiger partial charge in [0.05, 0.1) is 19.0 Å². The van der Waals surface area contributed by atoms with Crippen LogP contribution in [0.4, 0.5) is 9.18 Å². The minimum atomic E-state index is -0.571. The highest BCUT2D eigenvalue weighted by Crippen LogP contribution is 2.43. The van der Waals surface area contributed by atoms with Crippen molar-refractivity contribution in [3.8, 4) is 0 Å². The molecule has 0 saturated carbocycles. The van der Waals surface area contributed by atoms with E-state index in [0.29, 0.717) is 23.8 Å². The number of urea groups is 1. The first-order valence-electron chi connectivity index (χ1n) is 10.5. The molecule has 0 bridgehead atoms. The van der Waals surface area contributed by atoms with E-state index in [9.17, 15) is 9.18 Å². The van der Waals surface area contributed by atoms with Crippen LogP contribution < -0.4 is 5.32 Å². The Kier molecular flexibility index (Phi) is 5.47. The van der Waals surface area contributed by atoms with Crippen LogP contribution in [0.5, 0.6) is 0 Å². The number of carbonyl (C=O) groups excluding carboxylic acids is 1. The molecule has 2 saturated heterocycles. The van der Waals surface area contributed by atoms with E-state index in [0.717, 1.165) is 38.0 Å². The zero-order chi connectivity index (χ0) is 21.4. The quantitative estimate of drug-likeness (QED) is 0.674. The Balaban J connectivity index is 1.32. The Labute approximate surface area is 184 Å². The maximum absolute atomic E-state index is 14.9. The molecule has 1 aromatic carbocycles. The molecule has 164 valence electrons. The SMILES string of the molecule is COC1=NC(F)=C(c2ccccc2)C2SC(NC(=O)N3CC[C@]4(CCCOC4)C3)=NC12. The number of rotatable bonds is 1. The standard InChI is InChI=1S/C22H25FN4O3S/c1-29-19-16-17(15(18(23)25-19)14-6-3-2-4-7-14)31-20(24-16)26-21(28)27-10-9-22(12-27)8-5-11-30-13-22/h2-4,6-7,16-17H,5,8-13H2,1H3,(H,24,26,28)/t16?,17?,22-/m1/s1. The van der Waals surface area contributed by atoms with Crippen LogP contribution in [-0.4, -0.2) is 66.7 Å². The molecule has 0 radical (unpaired) electrons. The normalized spacial score (nSPS) is 30.2. The summed E-state index contributed by atoms with van der Waals surface area (Å²) in [7, 11) is 1.46. The number of nitrogens with one attached hydrogen (secondary N) is 1. The summed E-state index contributed by atoms with van der Waals surface area (Å²) >= 11 is 1.34. The summed E-state index contributed by atoms with van der Waals surface area (Å²) in [6.07, 6.45) is 3.09. The van der Waals surface area contributed by atoms with E-state index in [1.54, 1.807) is 0 Å². The third-order valence-electron chi connectivity index (χ3n) is 6.39. The number of halogens is 1. The average molecular weight is 445 g/mol. The number of carbonyl (C=O) groups is 1. The Hall–Kier alpha value is -2.39. The third-order valence-corrected chi connectivity index (χ3v) is 7.57. The predicted octanol–water partition coefficient (Wildman–Crippen LogP) is 3.44. The van der Waals surface area contributed by atoms with Crippen LogP contribution in [0.2, 0.25) is 0 Å². The molecule has 4 aliphatic rings. The molecule has 0 aromatic heterocycles. The number of thioether (sulfide) groups is 1. The fraction of sp³-hybridized carbons (Fsp3) is 0.500. The molecule has 2 amide bonds. The Morgan fingerprint density at radius 2 is 2.19 bits per heavy atom. The molecule has 7 nitrogen and oxygen atoms in total. The Bertz CT molecular complexity index is 959. The lowest BCUT2D eigenvalue weighted by molar-refractivity contribution is -0.000357. The molecular formula is C22H25FN4O3S. The van der Waals surface area contributed by atoms with Crippen LogP contribution in [0.15, 0.2) is 46.3 Å². The largest absolute Gasteiger partial charge is 0.482 e. The van der Waals surface area contributed by atoms with Crippen LogP contribution in [0.3, 0.4) is 0 Å². The van der Waals surface area contributed by atoms with Gasteiger partial charge in [-0.15, -0.1) is 0 Å². The number of methoxy groups -OCH3 is 1. The molecule has 3 atom stereocenters. The average Bonchev–Trinajstić information content (AvgIpc) is 3.39. The van der Waals surface area contributed by atoms with Gasteiger partial charge in [-0.25, -0.2) is 9.79 Å². The molecule has 1 N–H and O–H groups in total. The second-order valence-electron chi connectivity index (χ2n) is 8.40. The minimum absolute atomic E-state index is 0.0798. The maximum Gasteiger partial charge on any atom is 0.323 e. The summed E-state index contributed by atoms with van der Waals surface area (Å²) in [5.74, 6) is -0.350. The number of amidine groups is 1. The summed E-state index contributed by atoms with van der Waals surface area (Å²) in [5.41, 5.74) is 1.31. The monoisotopic (exact) mass is 444 g/mol. The van der Waals surface area contributed by atoms with E-state index in [2.05, 4.69) is 15.3 Å². The second kappa shape index (κ2) is 8.27. The van der Waals surface area contributed by atoms with Crippen LogP contribution in [0, 0.1) is 5.41 Å². The number of ether oxygens (including phenoxy) is 2. The summed E-state index contributed by atoms with van der Waals surface area (Å²) in [4.78, 5) is 23.4. The van der Waals surface area contributed by atoms with Crippen molar-refractivity contribution in [1.29, 1.82) is 0 Å². The lowest BCUT2D eigenvalue weighted by Crippen LogP contribution is -2.43. The van der Waals surface area contributed by atoms with E-state index < -0.39 is 12.0 Å². The van der Waals surface area contributed by atoms with Gasteiger partial charge in [-0.1, -0.05) is 42.1 Å². The zero-order valence-corrected chi connectivity index (χ0v) is 18.2. The highest BCUT2D eigenvalue weighted by molar-refractivity contribution is 8.15. The van der Waals surface area contributed by atoms with Gasteiger partial charge in [0.25, 0.3) is 0 Å². The molecule has 2 unspecified atom stereocenters. The first-order valence-corrected chi connectivity index (χ1v) is 11.4. The zero-order valence-electron chi connectivity index (χ0n) is 17.3. The van der Waals surface area contributed by atoms with Gasteiger partial charge in [0.15, 0.2) is 5.17 Å². The molecular weight excluding hydrogens is 419 g/mol. The molecule has 1 spiro atoms. The van der Waals surface area contributed by atoms with Gasteiger partial charge in [0, 0.05) is 30.7 Å². The van der Waals surface area contributed by atoms with Gasteiger partial charge >= 0.3 is 6.03 Å². The van der Waals surface area contributed by atoms with Crippen molar-refractivity contribution in [2.45, 2.75) is 30.6 Å². The lowest BCUT2D eigenvalue weighted by Gasteiger charge is -2.32. The van der Waals surface area contributed by atoms with Crippen LogP contribution >= 0.6 is 11.8 Å². The minimum Gasteiger partial charge on any atom is -0.482 e. The van der Waals surface area contributed by atoms with Gasteiger partial charge in [-0.3, -0.25) is 5.32 Å². The number of amides is 2. The first kappa shape index (κ1) is 20.5. The number of benzene rings is 1. The Morgan fingerprint density at radius 3 is 2.94 bits per heavy atom. The summed E-state index contributed by atoms with van der Waals surface area (Å²) in [6.45, 7) is 2.92. The summed E-state index contributed by atoms with van der Waals surface area (Å²) in [6, 6.07) is 8.67. The van der Waals surface area contributed by atoms with Crippen LogP contribution in [0.25, 0.3) is 5.57 Å². The number of fused-ring (bicyclic) bond motifs is 1. The molecule has 2 fully saturated rings. The second-order valence-corrected chi connectivity index (χ2v) is 9.53. The molecule has 9 heteroatoms. The van der Waals surface area contributed by atoms with Gasteiger partial charge in [-0.05, 0) is 24.8 Å².